The SMILES string of the molecule is CC(C)[n+]1noc(/N=C(\[O-])c2ccccc2)c1S(C)(=O)=O. The Balaban J connectivity index is 2.56. The van der Waals surface area contributed by atoms with Gasteiger partial charge in [-0.15, -0.1) is 0 Å². The Kier molecular flexibility index (Phi) is 4.08. The highest BCUT2D eigenvalue weighted by atomic mass is 32.2. The normalized spacial score (nSPS) is 12.9. The van der Waals surface area contributed by atoms with E-state index in [1.165, 1.54) is 4.68 Å². The van der Waals surface area contributed by atoms with E-state index >= 15 is 0 Å². The molecule has 2 rings (SSSR count). The van der Waals surface area contributed by atoms with Gasteiger partial charge in [0.05, 0.1) is 0 Å². The lowest BCUT2D eigenvalue weighted by molar-refractivity contribution is -0.810. The molecule has 0 saturated heterocycles. The molecule has 1 heterocycles. The van der Waals surface area contributed by atoms with Crippen LogP contribution >= 0.6 is 0 Å². The van der Waals surface area contributed by atoms with Crippen molar-refractivity contribution >= 4 is 21.6 Å². The molecule has 0 saturated carbocycles. The number of nitrogens with zero attached hydrogens (tertiary/aromatic N) is 3. The zero-order valence-corrected chi connectivity index (χ0v) is 12.7. The molecule has 0 radical (unpaired) electrons. The van der Waals surface area contributed by atoms with Crippen molar-refractivity contribution in [2.75, 3.05) is 6.26 Å². The summed E-state index contributed by atoms with van der Waals surface area (Å²) in [6, 6.07) is 8.07. The zero-order chi connectivity index (χ0) is 15.6. The predicted octanol–water partition coefficient (Wildman–Crippen LogP) is 0.385. The molecule has 7 nitrogen and oxygen atoms in total. The van der Waals surface area contributed by atoms with Crippen LogP contribution in [0.2, 0.25) is 0 Å². The van der Waals surface area contributed by atoms with Gasteiger partial charge in [-0.05, 0) is 16.1 Å². The van der Waals surface area contributed by atoms with Gasteiger partial charge in [-0.3, -0.25) is 4.52 Å². The van der Waals surface area contributed by atoms with Crippen molar-refractivity contribution in [2.24, 2.45) is 4.99 Å². The molecule has 0 aliphatic carbocycles. The van der Waals surface area contributed by atoms with E-state index in [-0.39, 0.29) is 17.0 Å². The topological polar surface area (TPSA) is 99.5 Å². The molecule has 0 bridgehead atoms. The fourth-order valence-electron chi connectivity index (χ4n) is 1.72. The van der Waals surface area contributed by atoms with Gasteiger partial charge in [0.2, 0.25) is 15.1 Å². The van der Waals surface area contributed by atoms with Crippen LogP contribution in [0.1, 0.15) is 25.5 Å². The Morgan fingerprint density at radius 3 is 2.48 bits per heavy atom. The number of sulfone groups is 1. The summed E-state index contributed by atoms with van der Waals surface area (Å²) in [5.41, 5.74) is 0.337. The van der Waals surface area contributed by atoms with Crippen molar-refractivity contribution in [3.05, 3.63) is 35.9 Å². The Hall–Kier alpha value is -2.22. The average Bonchev–Trinajstić information content (AvgIpc) is 2.83. The van der Waals surface area contributed by atoms with Crippen LogP contribution in [0.3, 0.4) is 0 Å². The van der Waals surface area contributed by atoms with E-state index in [0.29, 0.717) is 5.56 Å². The second-order valence-electron chi connectivity index (χ2n) is 4.78. The van der Waals surface area contributed by atoms with Gasteiger partial charge >= 0.3 is 10.9 Å². The van der Waals surface area contributed by atoms with Gasteiger partial charge in [-0.2, -0.15) is 0 Å². The number of hydrogen-bond donors (Lipinski definition) is 0. The molecule has 0 amide bonds. The highest BCUT2D eigenvalue weighted by molar-refractivity contribution is 7.90. The van der Waals surface area contributed by atoms with E-state index in [1.54, 1.807) is 44.2 Å². The first kappa shape index (κ1) is 15.2. The molecule has 0 unspecified atom stereocenters. The average molecular weight is 309 g/mol. The van der Waals surface area contributed by atoms with Crippen molar-refractivity contribution in [1.82, 2.24) is 5.27 Å². The lowest BCUT2D eigenvalue weighted by atomic mass is 10.2. The molecule has 8 heteroatoms. The van der Waals surface area contributed by atoms with Crippen molar-refractivity contribution in [1.29, 1.82) is 0 Å². The molecule has 0 N–H and O–H groups in total. The third kappa shape index (κ3) is 3.27. The van der Waals surface area contributed by atoms with Crippen molar-refractivity contribution < 1.29 is 22.7 Å². The molecule has 0 spiro atoms. The van der Waals surface area contributed by atoms with Crippen LogP contribution in [0, 0.1) is 0 Å². The van der Waals surface area contributed by atoms with Gasteiger partial charge in [0, 0.05) is 20.1 Å². The first-order valence-electron chi connectivity index (χ1n) is 6.23. The summed E-state index contributed by atoms with van der Waals surface area (Å²) < 4.78 is 29.8. The maximum Gasteiger partial charge on any atom is 0.390 e. The molecule has 1 aromatic carbocycles. The molecule has 0 aliphatic heterocycles. The third-order valence-corrected chi connectivity index (χ3v) is 3.73. The number of aliphatic imine (C=N–C) groups is 1. The van der Waals surface area contributed by atoms with Crippen LogP contribution in [0.5, 0.6) is 0 Å². The molecule has 21 heavy (non-hydrogen) atoms. The van der Waals surface area contributed by atoms with Gasteiger partial charge in [-0.25, -0.2) is 13.4 Å². The van der Waals surface area contributed by atoms with Crippen LogP contribution in [-0.4, -0.2) is 25.8 Å². The van der Waals surface area contributed by atoms with Crippen LogP contribution in [-0.2, 0) is 9.84 Å². The first-order valence-corrected chi connectivity index (χ1v) is 8.12. The van der Waals surface area contributed by atoms with Gasteiger partial charge in [0.1, 0.15) is 0 Å². The minimum atomic E-state index is -3.63. The van der Waals surface area contributed by atoms with E-state index in [4.69, 9.17) is 4.52 Å². The zero-order valence-electron chi connectivity index (χ0n) is 11.8. The highest BCUT2D eigenvalue weighted by Gasteiger charge is 2.35. The Bertz CT molecular complexity index is 764. The van der Waals surface area contributed by atoms with Crippen molar-refractivity contribution in [3.63, 3.8) is 0 Å². The van der Waals surface area contributed by atoms with E-state index in [2.05, 4.69) is 10.3 Å². The van der Waals surface area contributed by atoms with Crippen molar-refractivity contribution in [2.45, 2.75) is 24.9 Å². The fourth-order valence-corrected chi connectivity index (χ4v) is 2.70. The summed E-state index contributed by atoms with van der Waals surface area (Å²) in [6.07, 6.45) is 1.02. The summed E-state index contributed by atoms with van der Waals surface area (Å²) in [5, 5.41) is 15.5. The van der Waals surface area contributed by atoms with Gasteiger partial charge in [0.25, 0.3) is 0 Å². The second kappa shape index (κ2) is 5.65. The van der Waals surface area contributed by atoms with E-state index in [1.807, 2.05) is 0 Å². The van der Waals surface area contributed by atoms with Crippen LogP contribution in [0.4, 0.5) is 5.88 Å². The molecular formula is C13H15N3O4S. The Labute approximate surface area is 122 Å². The second-order valence-corrected chi connectivity index (χ2v) is 6.71. The minimum absolute atomic E-state index is 0.207. The molecule has 0 fully saturated rings. The first-order chi connectivity index (χ1) is 9.80. The molecule has 0 aliphatic rings. The number of aromatic nitrogens is 2. The summed E-state index contributed by atoms with van der Waals surface area (Å²) >= 11 is 0. The van der Waals surface area contributed by atoms with Gasteiger partial charge in [-0.1, -0.05) is 30.3 Å². The third-order valence-electron chi connectivity index (χ3n) is 2.67. The van der Waals surface area contributed by atoms with Gasteiger partial charge in [0.15, 0.2) is 6.04 Å². The summed E-state index contributed by atoms with van der Waals surface area (Å²) in [7, 11) is -3.63. The van der Waals surface area contributed by atoms with Crippen LogP contribution in [0.25, 0.3) is 0 Å². The smallest absolute Gasteiger partial charge is 0.390 e. The summed E-state index contributed by atoms with van der Waals surface area (Å²) in [6.45, 7) is 3.50. The van der Waals surface area contributed by atoms with E-state index in [0.717, 1.165) is 6.26 Å². The lowest BCUT2D eigenvalue weighted by Crippen LogP contribution is -2.42. The Morgan fingerprint density at radius 1 is 1.33 bits per heavy atom. The molecule has 112 valence electrons. The summed E-state index contributed by atoms with van der Waals surface area (Å²) in [5.74, 6) is -0.896. The lowest BCUT2D eigenvalue weighted by Gasteiger charge is -2.08. The molecule has 0 atom stereocenters. The number of benzene rings is 1. The fraction of sp³-hybridized carbons (Fsp3) is 0.308. The maximum absolute atomic E-state index is 12.0. The summed E-state index contributed by atoms with van der Waals surface area (Å²) in [4.78, 5) is 3.73. The molecular weight excluding hydrogens is 294 g/mol. The van der Waals surface area contributed by atoms with Crippen LogP contribution < -0.4 is 9.79 Å². The Morgan fingerprint density at radius 2 is 1.95 bits per heavy atom. The maximum atomic E-state index is 12.0. The van der Waals surface area contributed by atoms with E-state index < -0.39 is 15.7 Å². The van der Waals surface area contributed by atoms with Crippen LogP contribution in [0.15, 0.2) is 44.9 Å². The molecule has 2 aromatic rings. The monoisotopic (exact) mass is 309 g/mol. The van der Waals surface area contributed by atoms with Crippen molar-refractivity contribution in [3.8, 4) is 0 Å². The van der Waals surface area contributed by atoms with Gasteiger partial charge < -0.3 is 5.11 Å². The predicted molar refractivity (Wildman–Crippen MR) is 72.8 cm³/mol. The minimum Gasteiger partial charge on any atom is -0.858 e. The highest BCUT2D eigenvalue weighted by Crippen LogP contribution is 2.21. The molecule has 1 aromatic heterocycles. The number of hydrogen-bond acceptors (Lipinski definition) is 6. The standard InChI is InChI=1S/C13H15N3O4S/c1-9(2)16-13(21(3,18)19)12(20-15-16)14-11(17)10-7-5-4-6-8-10/h4-9H,1-3H3. The van der Waals surface area contributed by atoms with E-state index in [9.17, 15) is 13.5 Å². The quantitative estimate of drug-likeness (QED) is 0.462. The number of rotatable bonds is 4. The largest absolute Gasteiger partial charge is 0.858 e.